The summed E-state index contributed by atoms with van der Waals surface area (Å²) in [6.07, 6.45) is 0. The van der Waals surface area contributed by atoms with Gasteiger partial charge in [0.05, 0.1) is 6.61 Å². The van der Waals surface area contributed by atoms with Crippen LogP contribution in [-0.4, -0.2) is 43.1 Å². The van der Waals surface area contributed by atoms with Crippen molar-refractivity contribution in [1.29, 1.82) is 0 Å². The monoisotopic (exact) mass is 279 g/mol. The lowest BCUT2D eigenvalue weighted by Gasteiger charge is -2.27. The van der Waals surface area contributed by atoms with E-state index in [1.54, 1.807) is 0 Å². The zero-order chi connectivity index (χ0) is 11.7. The van der Waals surface area contributed by atoms with Crippen LogP contribution in [0.25, 0.3) is 0 Å². The molecule has 0 heterocycles. The summed E-state index contributed by atoms with van der Waals surface area (Å²) in [5.41, 5.74) is 0. The van der Waals surface area contributed by atoms with E-state index in [9.17, 15) is 0 Å². The van der Waals surface area contributed by atoms with Gasteiger partial charge < -0.3 is 9.64 Å². The maximum atomic E-state index is 5.39. The average molecular weight is 280 g/mol. The van der Waals surface area contributed by atoms with Crippen molar-refractivity contribution in [2.75, 3.05) is 38.2 Å². The summed E-state index contributed by atoms with van der Waals surface area (Å²) in [5, 5.41) is 1.09. The van der Waals surface area contributed by atoms with Gasteiger partial charge in [-0.05, 0) is 25.3 Å². The number of hydrogen-bond acceptors (Lipinski definition) is 2. The average Bonchev–Trinajstić information content (AvgIpc) is 2.22. The van der Waals surface area contributed by atoms with Crippen molar-refractivity contribution in [3.8, 4) is 0 Å². The minimum atomic E-state index is 0.741. The highest BCUT2D eigenvalue weighted by Crippen LogP contribution is 2.15. The van der Waals surface area contributed by atoms with Crippen LogP contribution in [0.2, 0.25) is 0 Å². The minimum absolute atomic E-state index is 0.741. The Morgan fingerprint density at radius 2 is 1.93 bits per heavy atom. The summed E-state index contributed by atoms with van der Waals surface area (Å²) in [6.45, 7) is 13.9. The Hall–Kier alpha value is 0.400. The normalized spacial score (nSPS) is 13.8. The molecule has 0 rings (SSSR count). The molecule has 92 valence electrons. The molecule has 0 aliphatic rings. The first-order valence-electron chi connectivity index (χ1n) is 6.01. The molecule has 1 unspecified atom stereocenters. The summed E-state index contributed by atoms with van der Waals surface area (Å²) in [5.74, 6) is 1.48. The molecular formula is C12H26BrNO. The van der Waals surface area contributed by atoms with Crippen molar-refractivity contribution in [1.82, 2.24) is 4.90 Å². The Labute approximate surface area is 103 Å². The van der Waals surface area contributed by atoms with Gasteiger partial charge in [-0.2, -0.15) is 0 Å². The van der Waals surface area contributed by atoms with Gasteiger partial charge in [0.25, 0.3) is 0 Å². The molecule has 0 fully saturated rings. The predicted octanol–water partition coefficient (Wildman–Crippen LogP) is 3.01. The van der Waals surface area contributed by atoms with E-state index in [0.717, 1.165) is 43.5 Å². The Morgan fingerprint density at radius 1 is 1.27 bits per heavy atom. The smallest absolute Gasteiger partial charge is 0.0593 e. The van der Waals surface area contributed by atoms with Crippen molar-refractivity contribution < 1.29 is 4.74 Å². The van der Waals surface area contributed by atoms with Crippen LogP contribution in [0.15, 0.2) is 0 Å². The van der Waals surface area contributed by atoms with Crippen LogP contribution >= 0.6 is 15.9 Å². The second kappa shape index (κ2) is 9.61. The number of likely N-dealkylation sites (N-methyl/N-ethyl adjacent to an activating group) is 1. The zero-order valence-corrected chi connectivity index (χ0v) is 12.2. The van der Waals surface area contributed by atoms with Crippen LogP contribution in [0.4, 0.5) is 0 Å². The fourth-order valence-electron chi connectivity index (χ4n) is 1.49. The van der Waals surface area contributed by atoms with Crippen molar-refractivity contribution in [3.05, 3.63) is 0 Å². The van der Waals surface area contributed by atoms with Gasteiger partial charge in [-0.25, -0.2) is 0 Å². The van der Waals surface area contributed by atoms with Gasteiger partial charge in [0, 0.05) is 25.0 Å². The third-order valence-electron chi connectivity index (χ3n) is 2.84. The standard InChI is InChI=1S/C12H26BrNO/c1-5-14(7-8-15-6-2)10-12(9-13)11(3)4/h11-12H,5-10H2,1-4H3. The summed E-state index contributed by atoms with van der Waals surface area (Å²) in [4.78, 5) is 2.47. The van der Waals surface area contributed by atoms with Gasteiger partial charge in [-0.3, -0.25) is 0 Å². The second-order valence-corrected chi connectivity index (χ2v) is 4.90. The number of alkyl halides is 1. The number of ether oxygens (including phenoxy) is 1. The molecule has 0 aromatic heterocycles. The van der Waals surface area contributed by atoms with Gasteiger partial charge in [0.1, 0.15) is 0 Å². The van der Waals surface area contributed by atoms with Crippen LogP contribution in [0.3, 0.4) is 0 Å². The molecule has 0 aromatic carbocycles. The van der Waals surface area contributed by atoms with Gasteiger partial charge in [-0.1, -0.05) is 36.7 Å². The molecule has 0 bridgehead atoms. The van der Waals surface area contributed by atoms with Crippen molar-refractivity contribution in [2.45, 2.75) is 27.7 Å². The lowest BCUT2D eigenvalue weighted by molar-refractivity contribution is 0.106. The van der Waals surface area contributed by atoms with E-state index < -0.39 is 0 Å². The maximum Gasteiger partial charge on any atom is 0.0593 e. The highest BCUT2D eigenvalue weighted by Gasteiger charge is 2.15. The van der Waals surface area contributed by atoms with Crippen LogP contribution in [0.1, 0.15) is 27.7 Å². The van der Waals surface area contributed by atoms with Gasteiger partial charge in [0.15, 0.2) is 0 Å². The molecule has 2 nitrogen and oxygen atoms in total. The van der Waals surface area contributed by atoms with E-state index in [1.165, 1.54) is 6.54 Å². The largest absolute Gasteiger partial charge is 0.380 e. The van der Waals surface area contributed by atoms with Crippen molar-refractivity contribution >= 4 is 15.9 Å². The molecule has 0 saturated heterocycles. The molecule has 0 aromatic rings. The first-order chi connectivity index (χ1) is 7.15. The fraction of sp³-hybridized carbons (Fsp3) is 1.00. The van der Waals surface area contributed by atoms with Crippen LogP contribution in [0, 0.1) is 11.8 Å². The van der Waals surface area contributed by atoms with Gasteiger partial charge in [-0.15, -0.1) is 0 Å². The highest BCUT2D eigenvalue weighted by molar-refractivity contribution is 9.09. The molecule has 0 spiro atoms. The van der Waals surface area contributed by atoms with Crippen LogP contribution in [0.5, 0.6) is 0 Å². The molecule has 0 N–H and O–H groups in total. The summed E-state index contributed by atoms with van der Waals surface area (Å²) < 4.78 is 5.39. The van der Waals surface area contributed by atoms with Crippen LogP contribution < -0.4 is 0 Å². The minimum Gasteiger partial charge on any atom is -0.380 e. The highest BCUT2D eigenvalue weighted by atomic mass is 79.9. The number of hydrogen-bond donors (Lipinski definition) is 0. The Kier molecular flexibility index (Phi) is 9.87. The van der Waals surface area contributed by atoms with Gasteiger partial charge in [0.2, 0.25) is 0 Å². The molecule has 0 aliphatic carbocycles. The zero-order valence-electron chi connectivity index (χ0n) is 10.6. The lowest BCUT2D eigenvalue weighted by atomic mass is 9.97. The van der Waals surface area contributed by atoms with Crippen LogP contribution in [-0.2, 0) is 4.74 Å². The van der Waals surface area contributed by atoms with E-state index in [-0.39, 0.29) is 0 Å². The number of halogens is 1. The molecule has 1 atom stereocenters. The maximum absolute atomic E-state index is 5.39. The molecule has 0 radical (unpaired) electrons. The summed E-state index contributed by atoms with van der Waals surface area (Å²) >= 11 is 3.60. The fourth-order valence-corrected chi connectivity index (χ4v) is 2.44. The third-order valence-corrected chi connectivity index (χ3v) is 3.67. The SMILES string of the molecule is CCOCCN(CC)CC(CBr)C(C)C. The molecule has 15 heavy (non-hydrogen) atoms. The molecule has 0 amide bonds. The molecule has 3 heteroatoms. The van der Waals surface area contributed by atoms with E-state index in [1.807, 2.05) is 6.92 Å². The second-order valence-electron chi connectivity index (χ2n) is 4.25. The first-order valence-corrected chi connectivity index (χ1v) is 7.13. The Morgan fingerprint density at radius 3 is 2.33 bits per heavy atom. The topological polar surface area (TPSA) is 12.5 Å². The predicted molar refractivity (Wildman–Crippen MR) is 70.7 cm³/mol. The van der Waals surface area contributed by atoms with E-state index in [0.29, 0.717) is 0 Å². The van der Waals surface area contributed by atoms with Crippen molar-refractivity contribution in [2.24, 2.45) is 11.8 Å². The summed E-state index contributed by atoms with van der Waals surface area (Å²) in [7, 11) is 0. The Bertz CT molecular complexity index is 142. The number of rotatable bonds is 9. The quantitative estimate of drug-likeness (QED) is 0.475. The van der Waals surface area contributed by atoms with E-state index in [4.69, 9.17) is 4.74 Å². The molecule has 0 saturated carbocycles. The van der Waals surface area contributed by atoms with Crippen molar-refractivity contribution in [3.63, 3.8) is 0 Å². The third kappa shape index (κ3) is 7.31. The molecule has 0 aliphatic heterocycles. The molecular weight excluding hydrogens is 254 g/mol. The first kappa shape index (κ1) is 15.4. The lowest BCUT2D eigenvalue weighted by Crippen LogP contribution is -2.34. The van der Waals surface area contributed by atoms with Gasteiger partial charge >= 0.3 is 0 Å². The summed E-state index contributed by atoms with van der Waals surface area (Å²) in [6, 6.07) is 0. The van der Waals surface area contributed by atoms with E-state index >= 15 is 0 Å². The number of nitrogens with zero attached hydrogens (tertiary/aromatic N) is 1. The Balaban J connectivity index is 3.84. The van der Waals surface area contributed by atoms with E-state index in [2.05, 4.69) is 41.6 Å².